The van der Waals surface area contributed by atoms with Gasteiger partial charge in [-0.2, -0.15) is 0 Å². The fourth-order valence-electron chi connectivity index (χ4n) is 2.11. The molecular weight excluding hydrogens is 254 g/mol. The van der Waals surface area contributed by atoms with Crippen molar-refractivity contribution in [2.24, 2.45) is 5.41 Å². The van der Waals surface area contributed by atoms with Crippen molar-refractivity contribution in [2.75, 3.05) is 6.54 Å². The second-order valence-electron chi connectivity index (χ2n) is 6.19. The van der Waals surface area contributed by atoms with E-state index in [0.29, 0.717) is 0 Å². The molecule has 21 heavy (non-hydrogen) atoms. The third kappa shape index (κ3) is 5.10. The Labute approximate surface area is 128 Å². The van der Waals surface area contributed by atoms with Crippen LogP contribution in [-0.2, 0) is 6.54 Å². The largest absolute Gasteiger partial charge is 0.309 e. The standard InChI is InChI=1S/C20H23N/c1-20(2,3)14-7-4-8-15-21-16-18-12-9-11-17-10-5-6-13-19(17)18/h4-6,8-13,21H,15-16H2,1-3H3. The van der Waals surface area contributed by atoms with Gasteiger partial charge in [-0.25, -0.2) is 0 Å². The van der Waals surface area contributed by atoms with Gasteiger partial charge in [0.15, 0.2) is 0 Å². The van der Waals surface area contributed by atoms with Crippen LogP contribution in [0.3, 0.4) is 0 Å². The molecule has 0 aliphatic rings. The lowest BCUT2D eigenvalue weighted by Crippen LogP contribution is -2.12. The van der Waals surface area contributed by atoms with Crippen LogP contribution in [0.15, 0.2) is 54.6 Å². The Kier molecular flexibility index (Phi) is 5.20. The molecule has 1 nitrogen and oxygen atoms in total. The first-order valence-corrected chi connectivity index (χ1v) is 7.41. The molecule has 2 aromatic carbocycles. The third-order valence-electron chi connectivity index (χ3n) is 3.11. The lowest BCUT2D eigenvalue weighted by atomic mass is 9.98. The highest BCUT2D eigenvalue weighted by Crippen LogP contribution is 2.18. The maximum Gasteiger partial charge on any atom is 0.0233 e. The Morgan fingerprint density at radius 3 is 2.62 bits per heavy atom. The molecule has 0 radical (unpaired) electrons. The van der Waals surface area contributed by atoms with Crippen molar-refractivity contribution in [3.05, 3.63) is 60.2 Å². The fraction of sp³-hybridized carbons (Fsp3) is 0.300. The van der Waals surface area contributed by atoms with E-state index in [1.54, 1.807) is 0 Å². The van der Waals surface area contributed by atoms with Gasteiger partial charge in [-0.1, -0.05) is 60.4 Å². The van der Waals surface area contributed by atoms with Gasteiger partial charge in [-0.3, -0.25) is 0 Å². The molecule has 0 amide bonds. The number of nitrogens with one attached hydrogen (secondary N) is 1. The van der Waals surface area contributed by atoms with Gasteiger partial charge in [-0.05, 0) is 43.2 Å². The monoisotopic (exact) mass is 277 g/mol. The summed E-state index contributed by atoms with van der Waals surface area (Å²) in [6.45, 7) is 8.06. The van der Waals surface area contributed by atoms with Crippen LogP contribution in [0.4, 0.5) is 0 Å². The van der Waals surface area contributed by atoms with Gasteiger partial charge in [-0.15, -0.1) is 0 Å². The van der Waals surface area contributed by atoms with E-state index >= 15 is 0 Å². The van der Waals surface area contributed by atoms with Crippen LogP contribution in [0.1, 0.15) is 26.3 Å². The van der Waals surface area contributed by atoms with Crippen LogP contribution < -0.4 is 5.32 Å². The highest BCUT2D eigenvalue weighted by molar-refractivity contribution is 5.85. The Bertz CT molecular complexity index is 673. The van der Waals surface area contributed by atoms with Crippen molar-refractivity contribution in [3.63, 3.8) is 0 Å². The van der Waals surface area contributed by atoms with Gasteiger partial charge in [0.1, 0.15) is 0 Å². The number of allylic oxidation sites excluding steroid dienone is 1. The van der Waals surface area contributed by atoms with Crippen LogP contribution in [-0.4, -0.2) is 6.54 Å². The molecule has 0 saturated carbocycles. The molecule has 0 saturated heterocycles. The first kappa shape index (κ1) is 15.4. The molecule has 0 aromatic heterocycles. The van der Waals surface area contributed by atoms with E-state index in [1.165, 1.54) is 16.3 Å². The molecule has 2 aromatic rings. The second-order valence-corrected chi connectivity index (χ2v) is 6.19. The smallest absolute Gasteiger partial charge is 0.0233 e. The van der Waals surface area contributed by atoms with E-state index in [0.717, 1.165) is 13.1 Å². The Morgan fingerprint density at radius 2 is 1.81 bits per heavy atom. The van der Waals surface area contributed by atoms with Gasteiger partial charge >= 0.3 is 0 Å². The Hall–Kier alpha value is -2.04. The highest BCUT2D eigenvalue weighted by atomic mass is 14.8. The van der Waals surface area contributed by atoms with E-state index in [1.807, 2.05) is 6.08 Å². The molecule has 0 aliphatic carbocycles. The molecule has 1 heteroatoms. The summed E-state index contributed by atoms with van der Waals surface area (Å²) < 4.78 is 0. The molecule has 0 fully saturated rings. The van der Waals surface area contributed by atoms with Crippen molar-refractivity contribution < 1.29 is 0 Å². The maximum atomic E-state index is 3.44. The minimum atomic E-state index is 0.0702. The van der Waals surface area contributed by atoms with Crippen LogP contribution >= 0.6 is 0 Å². The van der Waals surface area contributed by atoms with E-state index < -0.39 is 0 Å². The zero-order chi connectivity index (χ0) is 15.1. The van der Waals surface area contributed by atoms with Gasteiger partial charge in [0.05, 0.1) is 0 Å². The minimum Gasteiger partial charge on any atom is -0.309 e. The highest BCUT2D eigenvalue weighted by Gasteiger charge is 2.02. The van der Waals surface area contributed by atoms with Gasteiger partial charge in [0, 0.05) is 18.5 Å². The van der Waals surface area contributed by atoms with Crippen LogP contribution in [0.25, 0.3) is 10.8 Å². The zero-order valence-corrected chi connectivity index (χ0v) is 13.1. The summed E-state index contributed by atoms with van der Waals surface area (Å²) in [5, 5.41) is 6.05. The SMILES string of the molecule is CC(C)(C)C#CC=CCNCc1cccc2ccccc12. The summed E-state index contributed by atoms with van der Waals surface area (Å²) in [7, 11) is 0. The number of rotatable bonds is 4. The van der Waals surface area contributed by atoms with Crippen LogP contribution in [0.2, 0.25) is 0 Å². The minimum absolute atomic E-state index is 0.0702. The number of hydrogen-bond acceptors (Lipinski definition) is 1. The normalized spacial score (nSPS) is 11.6. The Balaban J connectivity index is 1.88. The van der Waals surface area contributed by atoms with E-state index in [-0.39, 0.29) is 5.41 Å². The second kappa shape index (κ2) is 7.11. The first-order valence-electron chi connectivity index (χ1n) is 7.41. The molecule has 0 unspecified atom stereocenters. The quantitative estimate of drug-likeness (QED) is 0.639. The predicted molar refractivity (Wildman–Crippen MR) is 92.0 cm³/mol. The molecule has 0 spiro atoms. The summed E-state index contributed by atoms with van der Waals surface area (Å²) in [4.78, 5) is 0. The van der Waals surface area contributed by atoms with Gasteiger partial charge < -0.3 is 5.32 Å². The zero-order valence-electron chi connectivity index (χ0n) is 13.1. The molecule has 0 heterocycles. The molecule has 0 bridgehead atoms. The summed E-state index contributed by atoms with van der Waals surface area (Å²) >= 11 is 0. The fourth-order valence-corrected chi connectivity index (χ4v) is 2.11. The van der Waals surface area contributed by atoms with E-state index in [4.69, 9.17) is 0 Å². The van der Waals surface area contributed by atoms with Gasteiger partial charge in [0.25, 0.3) is 0 Å². The summed E-state index contributed by atoms with van der Waals surface area (Å²) in [6, 6.07) is 14.9. The molecule has 0 aliphatic heterocycles. The molecule has 108 valence electrons. The average molecular weight is 277 g/mol. The van der Waals surface area contributed by atoms with Crippen molar-refractivity contribution in [2.45, 2.75) is 27.3 Å². The number of benzene rings is 2. The summed E-state index contributed by atoms with van der Waals surface area (Å²) in [6.07, 6.45) is 4.01. The molecule has 0 atom stereocenters. The van der Waals surface area contributed by atoms with Crippen molar-refractivity contribution in [3.8, 4) is 11.8 Å². The number of hydrogen-bond donors (Lipinski definition) is 1. The van der Waals surface area contributed by atoms with Crippen LogP contribution in [0.5, 0.6) is 0 Å². The third-order valence-corrected chi connectivity index (χ3v) is 3.11. The van der Waals surface area contributed by atoms with Crippen molar-refractivity contribution >= 4 is 10.8 Å². The lowest BCUT2D eigenvalue weighted by molar-refractivity contribution is 0.571. The number of fused-ring (bicyclic) bond motifs is 1. The van der Waals surface area contributed by atoms with E-state index in [9.17, 15) is 0 Å². The maximum absolute atomic E-state index is 3.44. The average Bonchev–Trinajstić information content (AvgIpc) is 2.45. The summed E-state index contributed by atoms with van der Waals surface area (Å²) in [5.74, 6) is 6.27. The summed E-state index contributed by atoms with van der Waals surface area (Å²) in [5.41, 5.74) is 1.41. The van der Waals surface area contributed by atoms with E-state index in [2.05, 4.69) is 86.5 Å². The van der Waals surface area contributed by atoms with Crippen molar-refractivity contribution in [1.82, 2.24) is 5.32 Å². The topological polar surface area (TPSA) is 12.0 Å². The molecule has 1 N–H and O–H groups in total. The lowest BCUT2D eigenvalue weighted by Gasteiger charge is -2.07. The first-order chi connectivity index (χ1) is 10.1. The van der Waals surface area contributed by atoms with Crippen molar-refractivity contribution in [1.29, 1.82) is 0 Å². The van der Waals surface area contributed by atoms with Crippen LogP contribution in [0, 0.1) is 17.3 Å². The predicted octanol–water partition coefficient (Wildman–Crippen LogP) is 4.54. The molecular formula is C20H23N. The molecule has 2 rings (SSSR count). The Morgan fingerprint density at radius 1 is 1.05 bits per heavy atom. The van der Waals surface area contributed by atoms with Gasteiger partial charge in [0.2, 0.25) is 0 Å².